The molecule has 0 spiro atoms. The molecule has 6 heteroatoms. The lowest BCUT2D eigenvalue weighted by Gasteiger charge is -2.16. The number of benzene rings is 1. The van der Waals surface area contributed by atoms with Gasteiger partial charge in [-0.15, -0.1) is 0 Å². The molecule has 1 fully saturated rings. The smallest absolute Gasteiger partial charge is 0.410 e. The number of amides is 2. The van der Waals surface area contributed by atoms with Crippen molar-refractivity contribution in [2.75, 3.05) is 13.1 Å². The van der Waals surface area contributed by atoms with Gasteiger partial charge in [0, 0.05) is 6.04 Å². The van der Waals surface area contributed by atoms with Crippen LogP contribution in [0.1, 0.15) is 19.4 Å². The highest BCUT2D eigenvalue weighted by Crippen LogP contribution is 2.14. The predicted octanol–water partition coefficient (Wildman–Crippen LogP) is 1.71. The van der Waals surface area contributed by atoms with Crippen LogP contribution in [0.2, 0.25) is 0 Å². The van der Waals surface area contributed by atoms with Crippen LogP contribution in [0.5, 0.6) is 0 Å². The molecule has 0 saturated carbocycles. The van der Waals surface area contributed by atoms with E-state index in [1.165, 1.54) is 6.07 Å². The van der Waals surface area contributed by atoms with Gasteiger partial charge in [0.25, 0.3) is 0 Å². The summed E-state index contributed by atoms with van der Waals surface area (Å²) in [5.41, 5.74) is 0.349. The standard InChI is InChI=1S/C15H19FN2O3/c1-10(2)18-9-12(21-15(18)20)8-17-14(19)7-11-5-3-4-6-13(11)16/h3-6,10,12H,7-9H2,1-2H3,(H,17,19). The number of hydrogen-bond acceptors (Lipinski definition) is 3. The van der Waals surface area contributed by atoms with Crippen LogP contribution in [-0.2, 0) is 16.0 Å². The summed E-state index contributed by atoms with van der Waals surface area (Å²) in [6.07, 6.45) is -0.746. The van der Waals surface area contributed by atoms with Gasteiger partial charge in [-0.3, -0.25) is 4.79 Å². The molecule has 0 bridgehead atoms. The van der Waals surface area contributed by atoms with Gasteiger partial charge in [0.05, 0.1) is 19.5 Å². The molecular formula is C15H19FN2O3. The quantitative estimate of drug-likeness (QED) is 0.899. The second-order valence-electron chi connectivity index (χ2n) is 5.32. The minimum absolute atomic E-state index is 0.0266. The van der Waals surface area contributed by atoms with Crippen molar-refractivity contribution in [2.45, 2.75) is 32.4 Å². The molecule has 1 atom stereocenters. The third-order valence-corrected chi connectivity index (χ3v) is 3.36. The zero-order valence-corrected chi connectivity index (χ0v) is 12.1. The van der Waals surface area contributed by atoms with E-state index in [1.54, 1.807) is 23.1 Å². The van der Waals surface area contributed by atoms with Crippen LogP contribution in [0.3, 0.4) is 0 Å². The number of halogens is 1. The molecule has 1 heterocycles. The van der Waals surface area contributed by atoms with Crippen LogP contribution in [0, 0.1) is 5.82 Å². The summed E-state index contributed by atoms with van der Waals surface area (Å²) < 4.78 is 18.6. The monoisotopic (exact) mass is 294 g/mol. The third-order valence-electron chi connectivity index (χ3n) is 3.36. The summed E-state index contributed by atoms with van der Waals surface area (Å²) in [6.45, 7) is 4.50. The summed E-state index contributed by atoms with van der Waals surface area (Å²) in [5, 5.41) is 2.67. The number of carbonyl (C=O) groups is 2. The van der Waals surface area contributed by atoms with Crippen LogP contribution in [0.4, 0.5) is 9.18 Å². The SMILES string of the molecule is CC(C)N1CC(CNC(=O)Cc2ccccc2F)OC1=O. The first-order valence-corrected chi connectivity index (χ1v) is 6.94. The number of nitrogens with zero attached hydrogens (tertiary/aromatic N) is 1. The summed E-state index contributed by atoms with van der Waals surface area (Å²) in [5.74, 6) is -0.690. The Morgan fingerprint density at radius 3 is 2.81 bits per heavy atom. The lowest BCUT2D eigenvalue weighted by molar-refractivity contribution is -0.120. The van der Waals surface area contributed by atoms with Crippen molar-refractivity contribution < 1.29 is 18.7 Å². The minimum Gasteiger partial charge on any atom is -0.442 e. The maximum absolute atomic E-state index is 13.4. The minimum atomic E-state index is -0.397. The Morgan fingerprint density at radius 1 is 1.48 bits per heavy atom. The van der Waals surface area contributed by atoms with Crippen molar-refractivity contribution in [1.29, 1.82) is 0 Å². The lowest BCUT2D eigenvalue weighted by atomic mass is 10.1. The molecule has 2 rings (SSSR count). The number of ether oxygens (including phenoxy) is 1. The van der Waals surface area contributed by atoms with E-state index in [1.807, 2.05) is 13.8 Å². The number of hydrogen-bond donors (Lipinski definition) is 1. The van der Waals surface area contributed by atoms with Gasteiger partial charge in [-0.25, -0.2) is 9.18 Å². The number of rotatable bonds is 5. The molecule has 114 valence electrons. The van der Waals surface area contributed by atoms with E-state index < -0.39 is 5.82 Å². The van der Waals surface area contributed by atoms with E-state index in [2.05, 4.69) is 5.32 Å². The van der Waals surface area contributed by atoms with Crippen LogP contribution in [0.15, 0.2) is 24.3 Å². The summed E-state index contributed by atoms with van der Waals surface area (Å²) in [4.78, 5) is 24.9. The molecule has 5 nitrogen and oxygen atoms in total. The number of cyclic esters (lactones) is 1. The van der Waals surface area contributed by atoms with Crippen molar-refractivity contribution in [3.05, 3.63) is 35.6 Å². The Labute approximate surface area is 123 Å². The van der Waals surface area contributed by atoms with Crippen molar-refractivity contribution in [3.63, 3.8) is 0 Å². The zero-order valence-electron chi connectivity index (χ0n) is 12.1. The maximum atomic E-state index is 13.4. The van der Waals surface area contributed by atoms with Crippen molar-refractivity contribution in [3.8, 4) is 0 Å². The van der Waals surface area contributed by atoms with Crippen molar-refractivity contribution in [1.82, 2.24) is 10.2 Å². The molecule has 1 aliphatic heterocycles. The van der Waals surface area contributed by atoms with Gasteiger partial charge < -0.3 is 15.0 Å². The summed E-state index contributed by atoms with van der Waals surface area (Å²) in [6, 6.07) is 6.23. The van der Waals surface area contributed by atoms with E-state index in [0.29, 0.717) is 12.1 Å². The largest absolute Gasteiger partial charge is 0.442 e. The molecule has 1 aromatic carbocycles. The Balaban J connectivity index is 1.80. The van der Waals surface area contributed by atoms with E-state index >= 15 is 0 Å². The average molecular weight is 294 g/mol. The molecular weight excluding hydrogens is 275 g/mol. The van der Waals surface area contributed by atoms with Gasteiger partial charge in [0.15, 0.2) is 0 Å². The predicted molar refractivity (Wildman–Crippen MR) is 75.2 cm³/mol. The highest BCUT2D eigenvalue weighted by Gasteiger charge is 2.32. The fourth-order valence-corrected chi connectivity index (χ4v) is 2.17. The molecule has 0 aromatic heterocycles. The molecule has 21 heavy (non-hydrogen) atoms. The zero-order chi connectivity index (χ0) is 15.4. The molecule has 1 unspecified atom stereocenters. The maximum Gasteiger partial charge on any atom is 0.410 e. The molecule has 0 radical (unpaired) electrons. The third kappa shape index (κ3) is 3.93. The highest BCUT2D eigenvalue weighted by molar-refractivity contribution is 5.78. The topological polar surface area (TPSA) is 58.6 Å². The second kappa shape index (κ2) is 6.56. The Hall–Kier alpha value is -2.11. The fourth-order valence-electron chi connectivity index (χ4n) is 2.17. The Morgan fingerprint density at radius 2 is 2.19 bits per heavy atom. The van der Waals surface area contributed by atoms with E-state index in [4.69, 9.17) is 4.74 Å². The first kappa shape index (κ1) is 15.3. The molecule has 2 amide bonds. The van der Waals surface area contributed by atoms with E-state index in [-0.39, 0.29) is 37.1 Å². The summed E-state index contributed by atoms with van der Waals surface area (Å²) in [7, 11) is 0. The normalized spacial score (nSPS) is 18.0. The molecule has 0 aliphatic carbocycles. The highest BCUT2D eigenvalue weighted by atomic mass is 19.1. The molecule has 1 saturated heterocycles. The van der Waals surface area contributed by atoms with Gasteiger partial charge in [0.1, 0.15) is 11.9 Å². The van der Waals surface area contributed by atoms with Crippen LogP contribution in [0.25, 0.3) is 0 Å². The second-order valence-corrected chi connectivity index (χ2v) is 5.32. The number of nitrogens with one attached hydrogen (secondary N) is 1. The van der Waals surface area contributed by atoms with Crippen molar-refractivity contribution >= 4 is 12.0 Å². The van der Waals surface area contributed by atoms with Crippen molar-refractivity contribution in [2.24, 2.45) is 0 Å². The first-order valence-electron chi connectivity index (χ1n) is 6.94. The summed E-state index contributed by atoms with van der Waals surface area (Å²) >= 11 is 0. The molecule has 1 aromatic rings. The van der Waals surface area contributed by atoms with Crippen LogP contribution in [-0.4, -0.2) is 42.1 Å². The molecule has 1 N–H and O–H groups in total. The number of carbonyl (C=O) groups excluding carboxylic acids is 2. The van der Waals surface area contributed by atoms with Gasteiger partial charge in [-0.1, -0.05) is 18.2 Å². The van der Waals surface area contributed by atoms with E-state index in [0.717, 1.165) is 0 Å². The Bertz CT molecular complexity index is 533. The first-order chi connectivity index (χ1) is 9.97. The van der Waals surface area contributed by atoms with Gasteiger partial charge >= 0.3 is 6.09 Å². The van der Waals surface area contributed by atoms with Crippen LogP contribution >= 0.6 is 0 Å². The fraction of sp³-hybridized carbons (Fsp3) is 0.467. The average Bonchev–Trinajstić information content (AvgIpc) is 2.80. The van der Waals surface area contributed by atoms with Gasteiger partial charge in [-0.2, -0.15) is 0 Å². The van der Waals surface area contributed by atoms with Gasteiger partial charge in [-0.05, 0) is 25.5 Å². The molecule has 1 aliphatic rings. The van der Waals surface area contributed by atoms with Gasteiger partial charge in [0.2, 0.25) is 5.91 Å². The van der Waals surface area contributed by atoms with Crippen LogP contribution < -0.4 is 5.32 Å². The van der Waals surface area contributed by atoms with E-state index in [9.17, 15) is 14.0 Å². The lowest BCUT2D eigenvalue weighted by Crippen LogP contribution is -2.36. The Kier molecular flexibility index (Phi) is 4.77.